The Morgan fingerprint density at radius 2 is 2.14 bits per heavy atom. The summed E-state index contributed by atoms with van der Waals surface area (Å²) >= 11 is 0. The van der Waals surface area contributed by atoms with Crippen molar-refractivity contribution in [3.8, 4) is 0 Å². The first-order valence-corrected chi connectivity index (χ1v) is 9.94. The lowest BCUT2D eigenvalue weighted by molar-refractivity contribution is -0.141. The van der Waals surface area contributed by atoms with Gasteiger partial charge in [0.05, 0.1) is 13.2 Å². The van der Waals surface area contributed by atoms with Crippen LogP contribution in [0.1, 0.15) is 48.7 Å². The van der Waals surface area contributed by atoms with Crippen molar-refractivity contribution in [3.05, 3.63) is 41.2 Å². The van der Waals surface area contributed by atoms with Crippen LogP contribution in [-0.4, -0.2) is 46.4 Å². The average molecular weight is 387 g/mol. The van der Waals surface area contributed by atoms with E-state index in [9.17, 15) is 4.79 Å². The number of carbonyl (C=O) groups is 1. The molecular formula is C20H30N6O2. The molecule has 1 aromatic heterocycles. The first-order valence-electron chi connectivity index (χ1n) is 9.94. The number of nitrogens with zero attached hydrogens (tertiary/aromatic N) is 4. The molecule has 1 aliphatic carbocycles. The van der Waals surface area contributed by atoms with E-state index in [1.54, 1.807) is 0 Å². The lowest BCUT2D eigenvalue weighted by atomic mass is 9.81. The van der Waals surface area contributed by atoms with E-state index in [-0.39, 0.29) is 18.6 Å². The van der Waals surface area contributed by atoms with Crippen molar-refractivity contribution >= 4 is 5.97 Å². The van der Waals surface area contributed by atoms with Gasteiger partial charge in [0.2, 0.25) is 0 Å². The van der Waals surface area contributed by atoms with E-state index in [2.05, 4.69) is 39.9 Å². The number of aromatic nitrogens is 4. The first kappa shape index (κ1) is 20.4. The van der Waals surface area contributed by atoms with Crippen molar-refractivity contribution in [2.45, 2.75) is 45.2 Å². The van der Waals surface area contributed by atoms with Crippen LogP contribution in [0.25, 0.3) is 0 Å². The Balaban J connectivity index is 1.82. The third-order valence-corrected chi connectivity index (χ3v) is 5.66. The molecule has 152 valence electrons. The molecule has 0 saturated heterocycles. The molecule has 1 heterocycles. The number of hydrogen-bond acceptors (Lipinski definition) is 7. The summed E-state index contributed by atoms with van der Waals surface area (Å²) in [6.45, 7) is 3.68. The third kappa shape index (κ3) is 4.94. The zero-order valence-electron chi connectivity index (χ0n) is 16.7. The molecule has 28 heavy (non-hydrogen) atoms. The monoisotopic (exact) mass is 386 g/mol. The number of carbonyl (C=O) groups excluding carboxylic acids is 1. The molecule has 1 saturated carbocycles. The second-order valence-electron chi connectivity index (χ2n) is 7.60. The fourth-order valence-electron chi connectivity index (χ4n) is 4.06. The summed E-state index contributed by atoms with van der Waals surface area (Å²) in [5.41, 5.74) is 8.15. The van der Waals surface area contributed by atoms with Gasteiger partial charge in [-0.3, -0.25) is 4.79 Å². The summed E-state index contributed by atoms with van der Waals surface area (Å²) in [5.74, 6) is 1.43. The fourth-order valence-corrected chi connectivity index (χ4v) is 4.06. The van der Waals surface area contributed by atoms with Crippen molar-refractivity contribution < 1.29 is 9.53 Å². The molecule has 3 rings (SSSR count). The second-order valence-corrected chi connectivity index (χ2v) is 7.60. The number of aryl methyl sites for hydroxylation is 1. The summed E-state index contributed by atoms with van der Waals surface area (Å²) in [7, 11) is 1.36. The highest BCUT2D eigenvalue weighted by molar-refractivity contribution is 5.68. The number of tetrazole rings is 1. The van der Waals surface area contributed by atoms with E-state index in [1.165, 1.54) is 31.1 Å². The molecule has 3 unspecified atom stereocenters. The SMILES string of the molecule is COC(=O)Cn1nnnc1C(NCC1CCCC(CN)C1)c1ccccc1C. The molecule has 3 N–H and O–H groups in total. The standard InChI is InChI=1S/C20H30N6O2/c1-14-6-3-4-9-17(14)19(20-23-24-25-26(20)13-18(27)28-2)22-12-16-8-5-7-15(10-16)11-21/h3-4,6,9,15-16,19,22H,5,7-8,10-13,21H2,1-2H3. The van der Waals surface area contributed by atoms with Crippen LogP contribution >= 0.6 is 0 Å². The number of nitrogens with one attached hydrogen (secondary N) is 1. The highest BCUT2D eigenvalue weighted by atomic mass is 16.5. The van der Waals surface area contributed by atoms with Gasteiger partial charge in [-0.1, -0.05) is 30.7 Å². The molecule has 8 nitrogen and oxygen atoms in total. The number of rotatable bonds is 8. The lowest BCUT2D eigenvalue weighted by Crippen LogP contribution is -2.34. The van der Waals surface area contributed by atoms with Crippen molar-refractivity contribution in [1.29, 1.82) is 0 Å². The van der Waals surface area contributed by atoms with Crippen LogP contribution in [-0.2, 0) is 16.1 Å². The molecule has 0 radical (unpaired) electrons. The number of nitrogens with two attached hydrogens (primary N) is 1. The largest absolute Gasteiger partial charge is 0.468 e. The smallest absolute Gasteiger partial charge is 0.327 e. The quantitative estimate of drug-likeness (QED) is 0.663. The van der Waals surface area contributed by atoms with Gasteiger partial charge in [0.25, 0.3) is 0 Å². The molecule has 1 aromatic carbocycles. The summed E-state index contributed by atoms with van der Waals surface area (Å²) in [6.07, 6.45) is 4.81. The summed E-state index contributed by atoms with van der Waals surface area (Å²) in [6, 6.07) is 7.98. The van der Waals surface area contributed by atoms with Crippen LogP contribution in [0.4, 0.5) is 0 Å². The van der Waals surface area contributed by atoms with Gasteiger partial charge < -0.3 is 15.8 Å². The molecule has 1 aliphatic rings. The van der Waals surface area contributed by atoms with Crippen LogP contribution in [0.5, 0.6) is 0 Å². The number of esters is 1. The summed E-state index contributed by atoms with van der Waals surface area (Å²) < 4.78 is 6.29. The number of benzene rings is 1. The molecule has 3 atom stereocenters. The van der Waals surface area contributed by atoms with E-state index in [4.69, 9.17) is 10.5 Å². The van der Waals surface area contributed by atoms with Crippen molar-refractivity contribution in [2.75, 3.05) is 20.2 Å². The normalized spacial score (nSPS) is 20.7. The maximum Gasteiger partial charge on any atom is 0.327 e. The fraction of sp³-hybridized carbons (Fsp3) is 0.600. The van der Waals surface area contributed by atoms with Gasteiger partial charge in [-0.2, -0.15) is 0 Å². The maximum atomic E-state index is 11.8. The van der Waals surface area contributed by atoms with Gasteiger partial charge in [0.1, 0.15) is 6.54 Å². The molecule has 0 bridgehead atoms. The molecule has 2 aromatic rings. The van der Waals surface area contributed by atoms with E-state index in [0.29, 0.717) is 17.7 Å². The summed E-state index contributed by atoms with van der Waals surface area (Å²) in [4.78, 5) is 11.8. The molecule has 8 heteroatoms. The molecule has 1 fully saturated rings. The molecular weight excluding hydrogens is 356 g/mol. The molecule has 0 aliphatic heterocycles. The second kappa shape index (κ2) is 9.75. The zero-order valence-corrected chi connectivity index (χ0v) is 16.7. The van der Waals surface area contributed by atoms with Crippen LogP contribution in [0.2, 0.25) is 0 Å². The van der Waals surface area contributed by atoms with Crippen LogP contribution < -0.4 is 11.1 Å². The first-order chi connectivity index (χ1) is 13.6. The summed E-state index contributed by atoms with van der Waals surface area (Å²) in [5, 5.41) is 15.7. The third-order valence-electron chi connectivity index (χ3n) is 5.66. The maximum absolute atomic E-state index is 11.8. The highest BCUT2D eigenvalue weighted by Gasteiger charge is 2.26. The van der Waals surface area contributed by atoms with Gasteiger partial charge in [0.15, 0.2) is 5.82 Å². The Labute approximate surface area is 165 Å². The van der Waals surface area contributed by atoms with Crippen molar-refractivity contribution in [3.63, 3.8) is 0 Å². The van der Waals surface area contributed by atoms with Crippen molar-refractivity contribution in [2.24, 2.45) is 17.6 Å². The Kier molecular flexibility index (Phi) is 7.11. The Bertz CT molecular complexity index is 778. The van der Waals surface area contributed by atoms with Gasteiger partial charge in [-0.25, -0.2) is 4.68 Å². The van der Waals surface area contributed by atoms with Gasteiger partial charge >= 0.3 is 5.97 Å². The number of ether oxygens (including phenoxy) is 1. The van der Waals surface area contributed by atoms with E-state index < -0.39 is 0 Å². The Hall–Kier alpha value is -2.32. The van der Waals surface area contributed by atoms with Gasteiger partial charge in [-0.05, 0) is 72.7 Å². The Morgan fingerprint density at radius 3 is 2.89 bits per heavy atom. The predicted octanol–water partition coefficient (Wildman–Crippen LogP) is 1.60. The molecule has 0 spiro atoms. The average Bonchev–Trinajstić information content (AvgIpc) is 3.17. The van der Waals surface area contributed by atoms with Crippen LogP contribution in [0.15, 0.2) is 24.3 Å². The topological polar surface area (TPSA) is 108 Å². The van der Waals surface area contributed by atoms with Crippen LogP contribution in [0, 0.1) is 18.8 Å². The van der Waals surface area contributed by atoms with Gasteiger partial charge in [-0.15, -0.1) is 5.10 Å². The highest BCUT2D eigenvalue weighted by Crippen LogP contribution is 2.29. The van der Waals surface area contributed by atoms with Crippen LogP contribution in [0.3, 0.4) is 0 Å². The lowest BCUT2D eigenvalue weighted by Gasteiger charge is -2.30. The van der Waals surface area contributed by atoms with Crippen molar-refractivity contribution in [1.82, 2.24) is 25.5 Å². The van der Waals surface area contributed by atoms with E-state index in [0.717, 1.165) is 30.6 Å². The van der Waals surface area contributed by atoms with E-state index >= 15 is 0 Å². The van der Waals surface area contributed by atoms with Gasteiger partial charge in [0, 0.05) is 0 Å². The minimum atomic E-state index is -0.379. The minimum Gasteiger partial charge on any atom is -0.468 e. The molecule has 0 amide bonds. The van der Waals surface area contributed by atoms with E-state index in [1.807, 2.05) is 12.1 Å². The number of hydrogen-bond donors (Lipinski definition) is 2. The predicted molar refractivity (Wildman–Crippen MR) is 105 cm³/mol. The zero-order chi connectivity index (χ0) is 19.9. The minimum absolute atomic E-state index is 0.0123. The Morgan fingerprint density at radius 1 is 1.36 bits per heavy atom. The number of methoxy groups -OCH3 is 1.